The van der Waals surface area contributed by atoms with E-state index in [0.29, 0.717) is 6.42 Å². The Kier molecular flexibility index (Phi) is 1.12. The van der Waals surface area contributed by atoms with Gasteiger partial charge in [0.1, 0.15) is 0 Å². The summed E-state index contributed by atoms with van der Waals surface area (Å²) in [6.07, 6.45) is 0.575. The highest BCUT2D eigenvalue weighted by Crippen LogP contribution is 2.31. The van der Waals surface area contributed by atoms with Crippen molar-refractivity contribution in [3.8, 4) is 0 Å². The Labute approximate surface area is 54.9 Å². The molecule has 0 aliphatic carbocycles. The van der Waals surface area contributed by atoms with Crippen molar-refractivity contribution in [2.24, 2.45) is 5.41 Å². The van der Waals surface area contributed by atoms with Crippen LogP contribution in [-0.4, -0.2) is 5.91 Å². The fraction of sp³-hybridized carbons (Fsp3) is 0.571. The van der Waals surface area contributed by atoms with Crippen LogP contribution in [0.2, 0.25) is 0 Å². The van der Waals surface area contributed by atoms with Crippen LogP contribution >= 0.6 is 0 Å². The first kappa shape index (κ1) is 6.33. The third-order valence-electron chi connectivity index (χ3n) is 1.71. The van der Waals surface area contributed by atoms with Crippen molar-refractivity contribution in [2.45, 2.75) is 20.3 Å². The highest BCUT2D eigenvalue weighted by Gasteiger charge is 2.32. The Hall–Kier alpha value is -0.790. The van der Waals surface area contributed by atoms with Crippen molar-refractivity contribution in [3.63, 3.8) is 0 Å². The van der Waals surface area contributed by atoms with E-state index in [-0.39, 0.29) is 11.3 Å². The minimum absolute atomic E-state index is 0.0307. The highest BCUT2D eigenvalue weighted by molar-refractivity contribution is 5.82. The maximum Gasteiger partial charge on any atom is 0.225 e. The molecule has 1 aliphatic rings. The van der Waals surface area contributed by atoms with Gasteiger partial charge in [0.05, 0.1) is 0 Å². The van der Waals surface area contributed by atoms with E-state index in [4.69, 9.17) is 0 Å². The van der Waals surface area contributed by atoms with E-state index in [0.717, 1.165) is 5.70 Å². The van der Waals surface area contributed by atoms with Gasteiger partial charge >= 0.3 is 0 Å². The zero-order valence-electron chi connectivity index (χ0n) is 5.82. The van der Waals surface area contributed by atoms with Crippen molar-refractivity contribution in [3.05, 3.63) is 12.3 Å². The van der Waals surface area contributed by atoms with Gasteiger partial charge in [0.15, 0.2) is 0 Å². The molecular formula is C7H11NO. The third-order valence-corrected chi connectivity index (χ3v) is 1.71. The second-order valence-corrected chi connectivity index (χ2v) is 3.09. The van der Waals surface area contributed by atoms with Crippen LogP contribution in [0.4, 0.5) is 0 Å². The largest absolute Gasteiger partial charge is 0.330 e. The molecule has 0 unspecified atom stereocenters. The first-order valence-electron chi connectivity index (χ1n) is 3.01. The number of hydrogen-bond donors (Lipinski definition) is 1. The molecule has 1 saturated heterocycles. The number of allylic oxidation sites excluding steroid dienone is 1. The van der Waals surface area contributed by atoms with E-state index in [2.05, 4.69) is 11.9 Å². The van der Waals surface area contributed by atoms with E-state index in [9.17, 15) is 4.79 Å². The lowest BCUT2D eigenvalue weighted by atomic mass is 9.90. The maximum atomic E-state index is 10.7. The molecule has 1 amide bonds. The van der Waals surface area contributed by atoms with Gasteiger partial charge in [-0.2, -0.15) is 0 Å². The van der Waals surface area contributed by atoms with Crippen LogP contribution < -0.4 is 5.32 Å². The predicted molar refractivity (Wildman–Crippen MR) is 35.7 cm³/mol. The summed E-state index contributed by atoms with van der Waals surface area (Å²) in [5.41, 5.74) is 0.810. The monoisotopic (exact) mass is 125 g/mol. The van der Waals surface area contributed by atoms with Gasteiger partial charge in [0.25, 0.3) is 0 Å². The van der Waals surface area contributed by atoms with Crippen molar-refractivity contribution in [1.82, 2.24) is 5.32 Å². The summed E-state index contributed by atoms with van der Waals surface area (Å²) in [6.45, 7) is 7.74. The van der Waals surface area contributed by atoms with E-state index in [1.807, 2.05) is 13.8 Å². The molecule has 50 valence electrons. The molecular weight excluding hydrogens is 114 g/mol. The number of hydrogen-bond acceptors (Lipinski definition) is 1. The van der Waals surface area contributed by atoms with Crippen molar-refractivity contribution in [1.29, 1.82) is 0 Å². The van der Waals surface area contributed by atoms with Crippen molar-refractivity contribution >= 4 is 5.91 Å². The summed E-state index contributed by atoms with van der Waals surface area (Å²) >= 11 is 0. The maximum absolute atomic E-state index is 10.7. The Morgan fingerprint density at radius 1 is 1.67 bits per heavy atom. The zero-order valence-corrected chi connectivity index (χ0v) is 5.82. The molecule has 0 bridgehead atoms. The third kappa shape index (κ3) is 0.969. The predicted octanol–water partition coefficient (Wildman–Crippen LogP) is 1.05. The lowest BCUT2D eigenvalue weighted by Gasteiger charge is -2.14. The fourth-order valence-electron chi connectivity index (χ4n) is 0.890. The summed E-state index contributed by atoms with van der Waals surface area (Å²) in [5.74, 6) is 0.0880. The van der Waals surface area contributed by atoms with E-state index in [1.54, 1.807) is 0 Å². The molecule has 0 aromatic heterocycles. The Bertz CT molecular complexity index is 170. The molecule has 0 radical (unpaired) electrons. The summed E-state index contributed by atoms with van der Waals surface area (Å²) in [5, 5.41) is 2.67. The number of carbonyl (C=O) groups excluding carboxylic acids is 1. The van der Waals surface area contributed by atoms with Crippen LogP contribution in [0.5, 0.6) is 0 Å². The minimum Gasteiger partial charge on any atom is -0.330 e. The van der Waals surface area contributed by atoms with Gasteiger partial charge in [0.2, 0.25) is 5.91 Å². The van der Waals surface area contributed by atoms with Gasteiger partial charge in [-0.15, -0.1) is 0 Å². The van der Waals surface area contributed by atoms with Crippen molar-refractivity contribution in [2.75, 3.05) is 0 Å². The molecule has 0 saturated carbocycles. The molecule has 0 aromatic rings. The highest BCUT2D eigenvalue weighted by atomic mass is 16.1. The van der Waals surface area contributed by atoms with E-state index >= 15 is 0 Å². The van der Waals surface area contributed by atoms with Crippen LogP contribution in [0.25, 0.3) is 0 Å². The molecule has 0 atom stereocenters. The summed E-state index contributed by atoms with van der Waals surface area (Å²) in [6, 6.07) is 0. The average molecular weight is 125 g/mol. The topological polar surface area (TPSA) is 29.1 Å². The molecule has 2 heteroatoms. The van der Waals surface area contributed by atoms with Crippen LogP contribution in [0.1, 0.15) is 20.3 Å². The molecule has 1 fully saturated rings. The Morgan fingerprint density at radius 3 is 2.33 bits per heavy atom. The van der Waals surface area contributed by atoms with Crippen LogP contribution in [0, 0.1) is 5.41 Å². The second kappa shape index (κ2) is 1.59. The molecule has 2 nitrogen and oxygen atoms in total. The van der Waals surface area contributed by atoms with E-state index < -0.39 is 0 Å². The first-order valence-corrected chi connectivity index (χ1v) is 3.01. The molecule has 0 aromatic carbocycles. The van der Waals surface area contributed by atoms with Gasteiger partial charge < -0.3 is 5.32 Å². The Morgan fingerprint density at radius 2 is 2.22 bits per heavy atom. The van der Waals surface area contributed by atoms with Crippen LogP contribution in [0.3, 0.4) is 0 Å². The smallest absolute Gasteiger partial charge is 0.225 e. The summed E-state index contributed by atoms with van der Waals surface area (Å²) in [7, 11) is 0. The van der Waals surface area contributed by atoms with E-state index in [1.165, 1.54) is 0 Å². The van der Waals surface area contributed by atoms with Gasteiger partial charge in [-0.1, -0.05) is 20.4 Å². The number of rotatable bonds is 0. The van der Waals surface area contributed by atoms with Gasteiger partial charge in [-0.25, -0.2) is 0 Å². The summed E-state index contributed by atoms with van der Waals surface area (Å²) in [4.78, 5) is 10.7. The molecule has 1 aliphatic heterocycles. The van der Waals surface area contributed by atoms with Crippen LogP contribution in [-0.2, 0) is 4.79 Å². The lowest BCUT2D eigenvalue weighted by Crippen LogP contribution is -2.13. The zero-order chi connectivity index (χ0) is 7.07. The standard InChI is InChI=1S/C7H11NO/c1-5-7(2,3)4-6(9)8-5/h1,4H2,2-3H3,(H,8,9). The first-order chi connectivity index (χ1) is 4.02. The Balaban J connectivity index is 2.81. The molecule has 1 heterocycles. The normalized spacial score (nSPS) is 24.2. The number of nitrogens with one attached hydrogen (secondary N) is 1. The van der Waals surface area contributed by atoms with Crippen molar-refractivity contribution < 1.29 is 4.79 Å². The molecule has 9 heavy (non-hydrogen) atoms. The number of carbonyl (C=O) groups is 1. The molecule has 0 spiro atoms. The minimum atomic E-state index is -0.0307. The van der Waals surface area contributed by atoms with Gasteiger partial charge in [-0.3, -0.25) is 4.79 Å². The molecule has 1 rings (SSSR count). The van der Waals surface area contributed by atoms with Crippen LogP contribution in [0.15, 0.2) is 12.3 Å². The van der Waals surface area contributed by atoms with Gasteiger partial charge in [0, 0.05) is 17.5 Å². The quantitative estimate of drug-likeness (QED) is 0.515. The second-order valence-electron chi connectivity index (χ2n) is 3.09. The molecule has 1 N–H and O–H groups in total. The lowest BCUT2D eigenvalue weighted by molar-refractivity contribution is -0.119. The van der Waals surface area contributed by atoms with Gasteiger partial charge in [-0.05, 0) is 0 Å². The fourth-order valence-corrected chi connectivity index (χ4v) is 0.890. The number of amides is 1. The average Bonchev–Trinajstić information content (AvgIpc) is 1.79. The SMILES string of the molecule is C=C1NC(=O)CC1(C)C. The summed E-state index contributed by atoms with van der Waals surface area (Å²) < 4.78 is 0.